The van der Waals surface area contributed by atoms with Crippen LogP contribution in [0.4, 0.5) is 8.78 Å². The second-order valence-corrected chi connectivity index (χ2v) is 6.28. The molecule has 0 amide bonds. The zero-order valence-corrected chi connectivity index (χ0v) is 13.1. The minimum Gasteiger partial charge on any atom is -0.386 e. The molecule has 0 aliphatic carbocycles. The first kappa shape index (κ1) is 15.8. The van der Waals surface area contributed by atoms with Crippen LogP contribution in [0.3, 0.4) is 0 Å². The van der Waals surface area contributed by atoms with Crippen LogP contribution in [0.25, 0.3) is 10.2 Å². The predicted octanol–water partition coefficient (Wildman–Crippen LogP) is 3.03. The lowest BCUT2D eigenvalue weighted by molar-refractivity contribution is 0.150. The summed E-state index contributed by atoms with van der Waals surface area (Å²) >= 11 is 1.44. The zero-order valence-electron chi connectivity index (χ0n) is 12.3. The summed E-state index contributed by atoms with van der Waals surface area (Å²) in [6.07, 6.45) is 0.783. The van der Waals surface area contributed by atoms with Crippen molar-refractivity contribution in [2.24, 2.45) is 0 Å². The molecule has 1 N–H and O–H groups in total. The molecule has 0 saturated carbocycles. The van der Waals surface area contributed by atoms with Crippen molar-refractivity contribution in [1.29, 1.82) is 0 Å². The Hall–Kier alpha value is -2.12. The van der Waals surface area contributed by atoms with Crippen LogP contribution in [0.5, 0.6) is 0 Å². The van der Waals surface area contributed by atoms with Gasteiger partial charge in [-0.3, -0.25) is 9.36 Å². The van der Waals surface area contributed by atoms with Gasteiger partial charge in [-0.2, -0.15) is 0 Å². The number of rotatable bonds is 4. The Kier molecular flexibility index (Phi) is 4.23. The van der Waals surface area contributed by atoms with Gasteiger partial charge in [0, 0.05) is 10.4 Å². The number of aliphatic hydroxyl groups is 1. The third kappa shape index (κ3) is 3.02. The van der Waals surface area contributed by atoms with E-state index in [2.05, 4.69) is 4.98 Å². The van der Waals surface area contributed by atoms with E-state index in [0.29, 0.717) is 10.2 Å². The molecular formula is C16H14F2N2O2S. The first-order valence-electron chi connectivity index (χ1n) is 7.10. The molecule has 2 aromatic heterocycles. The molecule has 4 nitrogen and oxygen atoms in total. The Bertz CT molecular complexity index is 920. The number of nitrogens with zero attached hydrogens (tertiary/aromatic N) is 2. The van der Waals surface area contributed by atoms with Crippen LogP contribution >= 0.6 is 11.3 Å². The van der Waals surface area contributed by atoms with Gasteiger partial charge >= 0.3 is 0 Å². The minimum absolute atomic E-state index is 0.184. The number of hydrogen-bond acceptors (Lipinski definition) is 4. The van der Waals surface area contributed by atoms with Crippen LogP contribution in [0, 0.1) is 11.6 Å². The van der Waals surface area contributed by atoms with Gasteiger partial charge in [-0.1, -0.05) is 6.92 Å². The van der Waals surface area contributed by atoms with Crippen LogP contribution in [0.2, 0.25) is 0 Å². The molecule has 0 fully saturated rings. The molecule has 0 bridgehead atoms. The van der Waals surface area contributed by atoms with Crippen molar-refractivity contribution in [3.8, 4) is 0 Å². The van der Waals surface area contributed by atoms with Gasteiger partial charge in [0.05, 0.1) is 24.4 Å². The lowest BCUT2D eigenvalue weighted by Crippen LogP contribution is -2.23. The highest BCUT2D eigenvalue weighted by molar-refractivity contribution is 7.18. The van der Waals surface area contributed by atoms with Gasteiger partial charge in [-0.15, -0.1) is 11.3 Å². The maximum absolute atomic E-state index is 13.7. The fourth-order valence-corrected chi connectivity index (χ4v) is 3.29. The van der Waals surface area contributed by atoms with Crippen molar-refractivity contribution in [3.63, 3.8) is 0 Å². The summed E-state index contributed by atoms with van der Waals surface area (Å²) in [4.78, 5) is 18.3. The molecule has 3 aromatic rings. The first-order chi connectivity index (χ1) is 11.0. The van der Waals surface area contributed by atoms with Crippen molar-refractivity contribution >= 4 is 21.6 Å². The van der Waals surface area contributed by atoms with Gasteiger partial charge in [-0.25, -0.2) is 13.8 Å². The number of aliphatic hydroxyl groups excluding tert-OH is 1. The zero-order chi connectivity index (χ0) is 16.6. The second kappa shape index (κ2) is 6.17. The summed E-state index contributed by atoms with van der Waals surface area (Å²) in [5.74, 6) is -1.36. The maximum atomic E-state index is 13.7. The smallest absolute Gasteiger partial charge is 0.262 e. The van der Waals surface area contributed by atoms with E-state index in [1.165, 1.54) is 22.2 Å². The van der Waals surface area contributed by atoms with Gasteiger partial charge in [0.2, 0.25) is 0 Å². The first-order valence-corrected chi connectivity index (χ1v) is 7.92. The van der Waals surface area contributed by atoms with Crippen molar-refractivity contribution in [2.45, 2.75) is 26.0 Å². The van der Waals surface area contributed by atoms with Crippen LogP contribution in [0.1, 0.15) is 23.5 Å². The Morgan fingerprint density at radius 3 is 2.87 bits per heavy atom. The average molecular weight is 336 g/mol. The molecule has 0 radical (unpaired) electrons. The number of fused-ring (bicyclic) bond motifs is 1. The fraction of sp³-hybridized carbons (Fsp3) is 0.250. The molecule has 120 valence electrons. The van der Waals surface area contributed by atoms with Crippen molar-refractivity contribution < 1.29 is 13.9 Å². The molecule has 1 atom stereocenters. The number of benzene rings is 1. The highest BCUT2D eigenvalue weighted by atomic mass is 32.1. The highest BCUT2D eigenvalue weighted by Crippen LogP contribution is 2.22. The van der Waals surface area contributed by atoms with E-state index in [0.717, 1.165) is 29.5 Å². The lowest BCUT2D eigenvalue weighted by Gasteiger charge is -2.13. The number of aryl methyl sites for hydroxylation is 1. The van der Waals surface area contributed by atoms with E-state index < -0.39 is 17.7 Å². The van der Waals surface area contributed by atoms with E-state index >= 15 is 0 Å². The quantitative estimate of drug-likeness (QED) is 0.797. The fourth-order valence-electron chi connectivity index (χ4n) is 2.37. The van der Waals surface area contributed by atoms with Crippen molar-refractivity contribution in [3.05, 3.63) is 63.0 Å². The Balaban J connectivity index is 1.96. The molecule has 0 spiro atoms. The summed E-state index contributed by atoms with van der Waals surface area (Å²) in [7, 11) is 0. The van der Waals surface area contributed by atoms with Gasteiger partial charge in [-0.05, 0) is 30.7 Å². The normalized spacial score (nSPS) is 12.7. The van der Waals surface area contributed by atoms with Gasteiger partial charge < -0.3 is 5.11 Å². The number of thiophene rings is 1. The molecular weight excluding hydrogens is 322 g/mol. The predicted molar refractivity (Wildman–Crippen MR) is 84.6 cm³/mol. The van der Waals surface area contributed by atoms with E-state index in [1.54, 1.807) is 6.07 Å². The van der Waals surface area contributed by atoms with E-state index in [1.807, 2.05) is 6.92 Å². The highest BCUT2D eigenvalue weighted by Gasteiger charge is 2.16. The SMILES string of the molecule is CCc1cc2c(=O)n(C[C@H](O)c3cc(F)ccc3F)cnc2s1. The van der Waals surface area contributed by atoms with Crippen molar-refractivity contribution in [1.82, 2.24) is 9.55 Å². The van der Waals surface area contributed by atoms with E-state index in [-0.39, 0.29) is 17.7 Å². The summed E-state index contributed by atoms with van der Waals surface area (Å²) in [5, 5.41) is 10.6. The van der Waals surface area contributed by atoms with Gasteiger partial charge in [0.25, 0.3) is 5.56 Å². The molecule has 1 aromatic carbocycles. The standard InChI is InChI=1S/C16H14F2N2O2S/c1-2-10-6-12-15(23-10)19-8-20(16(12)22)7-14(21)11-5-9(17)3-4-13(11)18/h3-6,8,14,21H,2,7H2,1H3/t14-/m0/s1. The van der Waals surface area contributed by atoms with Gasteiger partial charge in [0.15, 0.2) is 0 Å². The lowest BCUT2D eigenvalue weighted by atomic mass is 10.1. The monoisotopic (exact) mass is 336 g/mol. The third-order valence-corrected chi connectivity index (χ3v) is 4.79. The summed E-state index contributed by atoms with van der Waals surface area (Å²) in [6, 6.07) is 4.63. The Morgan fingerprint density at radius 2 is 2.13 bits per heavy atom. The third-order valence-electron chi connectivity index (χ3n) is 3.60. The second-order valence-electron chi connectivity index (χ2n) is 5.17. The molecule has 23 heavy (non-hydrogen) atoms. The molecule has 0 aliphatic rings. The van der Waals surface area contributed by atoms with Gasteiger partial charge in [0.1, 0.15) is 16.5 Å². The molecule has 0 saturated heterocycles. The number of hydrogen-bond donors (Lipinski definition) is 1. The topological polar surface area (TPSA) is 55.1 Å². The summed E-state index contributed by atoms with van der Waals surface area (Å²) < 4.78 is 28.1. The molecule has 2 heterocycles. The number of halogens is 2. The van der Waals surface area contributed by atoms with E-state index in [4.69, 9.17) is 0 Å². The Labute approximate surface area is 134 Å². The minimum atomic E-state index is -1.34. The summed E-state index contributed by atoms with van der Waals surface area (Å²) in [6.45, 7) is 1.79. The van der Waals surface area contributed by atoms with Crippen molar-refractivity contribution in [2.75, 3.05) is 0 Å². The van der Waals surface area contributed by atoms with Crippen LogP contribution in [0.15, 0.2) is 35.4 Å². The Morgan fingerprint density at radius 1 is 1.35 bits per heavy atom. The molecule has 0 unspecified atom stereocenters. The largest absolute Gasteiger partial charge is 0.386 e. The van der Waals surface area contributed by atoms with E-state index in [9.17, 15) is 18.7 Å². The summed E-state index contributed by atoms with van der Waals surface area (Å²) in [5.41, 5.74) is -0.488. The van der Waals surface area contributed by atoms with Crippen LogP contribution in [-0.4, -0.2) is 14.7 Å². The maximum Gasteiger partial charge on any atom is 0.262 e. The van der Waals surface area contributed by atoms with Crippen LogP contribution in [-0.2, 0) is 13.0 Å². The average Bonchev–Trinajstić information content (AvgIpc) is 2.96. The molecule has 3 rings (SSSR count). The van der Waals surface area contributed by atoms with Crippen LogP contribution < -0.4 is 5.56 Å². The molecule has 7 heteroatoms. The number of aromatic nitrogens is 2. The molecule has 0 aliphatic heterocycles.